The standard InChI is InChI=1S/C13H19ClO2/c1-13(2,3)7-8-16-12-10(9-15)5-4-6-11(12)14/h4-6,15H,7-9H2,1-3H3. The third kappa shape index (κ3) is 4.03. The summed E-state index contributed by atoms with van der Waals surface area (Å²) in [6.45, 7) is 7.05. The molecule has 0 fully saturated rings. The second kappa shape index (κ2) is 5.55. The Morgan fingerprint density at radius 2 is 2.00 bits per heavy atom. The lowest BCUT2D eigenvalue weighted by Crippen LogP contribution is -2.11. The Balaban J connectivity index is 2.66. The molecule has 0 saturated heterocycles. The van der Waals surface area contributed by atoms with Crippen LogP contribution in [0.3, 0.4) is 0 Å². The molecule has 0 atom stereocenters. The van der Waals surface area contributed by atoms with Crippen molar-refractivity contribution in [1.82, 2.24) is 0 Å². The second-order valence-corrected chi connectivity index (χ2v) is 5.45. The van der Waals surface area contributed by atoms with E-state index >= 15 is 0 Å². The van der Waals surface area contributed by atoms with Crippen molar-refractivity contribution in [1.29, 1.82) is 0 Å². The average Bonchev–Trinajstić information content (AvgIpc) is 2.18. The molecule has 0 aliphatic rings. The van der Waals surface area contributed by atoms with E-state index in [0.29, 0.717) is 17.4 Å². The van der Waals surface area contributed by atoms with Crippen molar-refractivity contribution in [2.45, 2.75) is 33.8 Å². The van der Waals surface area contributed by atoms with Crippen molar-refractivity contribution in [2.75, 3.05) is 6.61 Å². The molecule has 1 rings (SSSR count). The number of aliphatic hydroxyl groups is 1. The molecule has 1 N–H and O–H groups in total. The maximum absolute atomic E-state index is 9.16. The summed E-state index contributed by atoms with van der Waals surface area (Å²) in [5.74, 6) is 0.607. The van der Waals surface area contributed by atoms with Gasteiger partial charge in [-0.15, -0.1) is 0 Å². The molecule has 2 nitrogen and oxygen atoms in total. The van der Waals surface area contributed by atoms with Crippen LogP contribution in [0.2, 0.25) is 5.02 Å². The number of hydrogen-bond acceptors (Lipinski definition) is 2. The fraction of sp³-hybridized carbons (Fsp3) is 0.538. The van der Waals surface area contributed by atoms with Crippen LogP contribution in [0.4, 0.5) is 0 Å². The quantitative estimate of drug-likeness (QED) is 0.874. The molecule has 0 saturated carbocycles. The lowest BCUT2D eigenvalue weighted by Gasteiger charge is -2.19. The number of benzene rings is 1. The molecule has 0 unspecified atom stereocenters. The zero-order valence-corrected chi connectivity index (χ0v) is 10.8. The molecule has 0 radical (unpaired) electrons. The smallest absolute Gasteiger partial charge is 0.143 e. The van der Waals surface area contributed by atoms with E-state index in [-0.39, 0.29) is 12.0 Å². The summed E-state index contributed by atoms with van der Waals surface area (Å²) in [5, 5.41) is 9.72. The number of rotatable bonds is 4. The van der Waals surface area contributed by atoms with Crippen molar-refractivity contribution < 1.29 is 9.84 Å². The highest BCUT2D eigenvalue weighted by molar-refractivity contribution is 6.32. The maximum atomic E-state index is 9.16. The third-order valence-corrected chi connectivity index (χ3v) is 2.61. The second-order valence-electron chi connectivity index (χ2n) is 5.05. The molecular weight excluding hydrogens is 224 g/mol. The van der Waals surface area contributed by atoms with E-state index in [0.717, 1.165) is 12.0 Å². The van der Waals surface area contributed by atoms with E-state index < -0.39 is 0 Å². The van der Waals surface area contributed by atoms with Crippen molar-refractivity contribution >= 4 is 11.6 Å². The molecule has 0 aliphatic carbocycles. The van der Waals surface area contributed by atoms with Crippen LogP contribution in [0.25, 0.3) is 0 Å². The van der Waals surface area contributed by atoms with Crippen LogP contribution in [-0.4, -0.2) is 11.7 Å². The van der Waals surface area contributed by atoms with E-state index in [1.54, 1.807) is 6.07 Å². The van der Waals surface area contributed by atoms with Gasteiger partial charge in [0.05, 0.1) is 18.2 Å². The van der Waals surface area contributed by atoms with Crippen LogP contribution in [0, 0.1) is 5.41 Å². The normalized spacial score (nSPS) is 11.6. The lowest BCUT2D eigenvalue weighted by molar-refractivity contribution is 0.230. The van der Waals surface area contributed by atoms with E-state index in [2.05, 4.69) is 20.8 Å². The first-order valence-electron chi connectivity index (χ1n) is 5.45. The Hall–Kier alpha value is -0.730. The van der Waals surface area contributed by atoms with E-state index in [9.17, 15) is 0 Å². The first-order chi connectivity index (χ1) is 7.44. The number of hydrogen-bond donors (Lipinski definition) is 1. The van der Waals surface area contributed by atoms with Gasteiger partial charge >= 0.3 is 0 Å². The summed E-state index contributed by atoms with van der Waals surface area (Å²) in [7, 11) is 0. The van der Waals surface area contributed by atoms with E-state index in [1.807, 2.05) is 12.1 Å². The molecule has 1 aromatic carbocycles. The molecule has 3 heteroatoms. The summed E-state index contributed by atoms with van der Waals surface area (Å²) >= 11 is 6.02. The Labute approximate surface area is 102 Å². The first-order valence-corrected chi connectivity index (χ1v) is 5.83. The Morgan fingerprint density at radius 3 is 2.56 bits per heavy atom. The van der Waals surface area contributed by atoms with Gasteiger partial charge in [-0.2, -0.15) is 0 Å². The highest BCUT2D eigenvalue weighted by Gasteiger charge is 2.12. The number of halogens is 1. The Morgan fingerprint density at radius 1 is 1.31 bits per heavy atom. The Bertz CT molecular complexity index is 342. The van der Waals surface area contributed by atoms with Crippen LogP contribution in [0.15, 0.2) is 18.2 Å². The van der Waals surface area contributed by atoms with Gasteiger partial charge in [0.25, 0.3) is 0 Å². The van der Waals surface area contributed by atoms with Crippen LogP contribution >= 0.6 is 11.6 Å². The summed E-state index contributed by atoms with van der Waals surface area (Å²) in [6, 6.07) is 5.40. The summed E-state index contributed by atoms with van der Waals surface area (Å²) in [5.41, 5.74) is 0.974. The summed E-state index contributed by atoms with van der Waals surface area (Å²) in [6.07, 6.45) is 0.948. The van der Waals surface area contributed by atoms with Crippen LogP contribution in [-0.2, 0) is 6.61 Å². The topological polar surface area (TPSA) is 29.5 Å². The minimum absolute atomic E-state index is 0.0502. The van der Waals surface area contributed by atoms with Gasteiger partial charge in [-0.3, -0.25) is 0 Å². The molecule has 16 heavy (non-hydrogen) atoms. The molecule has 1 aromatic rings. The predicted octanol–water partition coefficient (Wildman–Crippen LogP) is 3.65. The zero-order valence-electron chi connectivity index (χ0n) is 10.1. The van der Waals surface area contributed by atoms with Gasteiger partial charge < -0.3 is 9.84 Å². The average molecular weight is 243 g/mol. The molecule has 90 valence electrons. The number of para-hydroxylation sites is 1. The van der Waals surface area contributed by atoms with Crippen LogP contribution < -0.4 is 4.74 Å². The largest absolute Gasteiger partial charge is 0.492 e. The maximum Gasteiger partial charge on any atom is 0.143 e. The van der Waals surface area contributed by atoms with Crippen molar-refractivity contribution in [3.63, 3.8) is 0 Å². The molecule has 0 bridgehead atoms. The van der Waals surface area contributed by atoms with Crippen LogP contribution in [0.5, 0.6) is 5.75 Å². The lowest BCUT2D eigenvalue weighted by atomic mass is 9.93. The number of ether oxygens (including phenoxy) is 1. The minimum Gasteiger partial charge on any atom is -0.492 e. The fourth-order valence-corrected chi connectivity index (χ4v) is 1.55. The molecule has 0 spiro atoms. The first kappa shape index (κ1) is 13.3. The van der Waals surface area contributed by atoms with Gasteiger partial charge in [0.15, 0.2) is 0 Å². The molecule has 0 amide bonds. The third-order valence-electron chi connectivity index (χ3n) is 2.32. The monoisotopic (exact) mass is 242 g/mol. The van der Waals surface area contributed by atoms with Gasteiger partial charge in [0.2, 0.25) is 0 Å². The summed E-state index contributed by atoms with van der Waals surface area (Å²) in [4.78, 5) is 0. The molecular formula is C13H19ClO2. The SMILES string of the molecule is CC(C)(C)CCOc1c(Cl)cccc1CO. The highest BCUT2D eigenvalue weighted by atomic mass is 35.5. The predicted molar refractivity (Wildman–Crippen MR) is 66.9 cm³/mol. The highest BCUT2D eigenvalue weighted by Crippen LogP contribution is 2.29. The van der Waals surface area contributed by atoms with Gasteiger partial charge in [-0.25, -0.2) is 0 Å². The molecule has 0 aliphatic heterocycles. The Kier molecular flexibility index (Phi) is 4.63. The van der Waals surface area contributed by atoms with Crippen molar-refractivity contribution in [3.05, 3.63) is 28.8 Å². The summed E-state index contributed by atoms with van der Waals surface area (Å²) < 4.78 is 5.64. The van der Waals surface area contributed by atoms with Crippen LogP contribution in [0.1, 0.15) is 32.8 Å². The van der Waals surface area contributed by atoms with Gasteiger partial charge in [0, 0.05) is 5.56 Å². The molecule has 0 heterocycles. The fourth-order valence-electron chi connectivity index (χ4n) is 1.30. The zero-order chi connectivity index (χ0) is 12.2. The van der Waals surface area contributed by atoms with Gasteiger partial charge in [-0.1, -0.05) is 44.5 Å². The van der Waals surface area contributed by atoms with E-state index in [4.69, 9.17) is 21.4 Å². The van der Waals surface area contributed by atoms with Gasteiger partial charge in [-0.05, 0) is 17.9 Å². The van der Waals surface area contributed by atoms with E-state index in [1.165, 1.54) is 0 Å². The molecule has 0 aromatic heterocycles. The number of aliphatic hydroxyl groups excluding tert-OH is 1. The van der Waals surface area contributed by atoms with Crippen molar-refractivity contribution in [3.8, 4) is 5.75 Å². The minimum atomic E-state index is -0.0502. The van der Waals surface area contributed by atoms with Gasteiger partial charge in [0.1, 0.15) is 5.75 Å². The van der Waals surface area contributed by atoms with Crippen molar-refractivity contribution in [2.24, 2.45) is 5.41 Å².